The van der Waals surface area contributed by atoms with Crippen LogP contribution in [0, 0.1) is 17.0 Å². The molecule has 4 rings (SSSR count). The van der Waals surface area contributed by atoms with Crippen LogP contribution in [-0.2, 0) is 6.54 Å². The molecule has 3 N–H and O–H groups in total. The molecular weight excluding hydrogens is 436 g/mol. The quantitative estimate of drug-likeness (QED) is 0.272. The second kappa shape index (κ2) is 9.92. The van der Waals surface area contributed by atoms with Gasteiger partial charge in [0, 0.05) is 12.1 Å². The van der Waals surface area contributed by atoms with Crippen molar-refractivity contribution in [1.82, 2.24) is 14.9 Å². The molecular formula is C25H24N4O5. The minimum Gasteiger partial charge on any atom is -0.395 e. The number of hydrogen-bond acceptors (Lipinski definition) is 7. The van der Waals surface area contributed by atoms with E-state index >= 15 is 0 Å². The Morgan fingerprint density at radius 1 is 1.09 bits per heavy atom. The summed E-state index contributed by atoms with van der Waals surface area (Å²) in [5.41, 5.74) is 2.30. The topological polar surface area (TPSA) is 131 Å². The van der Waals surface area contributed by atoms with Gasteiger partial charge >= 0.3 is 0 Å². The highest BCUT2D eigenvalue weighted by molar-refractivity contribution is 5.77. The van der Waals surface area contributed by atoms with Gasteiger partial charge in [0.1, 0.15) is 5.82 Å². The fourth-order valence-corrected chi connectivity index (χ4v) is 3.85. The second-order valence-corrected chi connectivity index (χ2v) is 7.99. The van der Waals surface area contributed by atoms with Crippen LogP contribution in [0.2, 0.25) is 0 Å². The van der Waals surface area contributed by atoms with Crippen molar-refractivity contribution in [2.75, 3.05) is 6.61 Å². The monoisotopic (exact) mass is 460 g/mol. The van der Waals surface area contributed by atoms with Gasteiger partial charge in [-0.15, -0.1) is 0 Å². The van der Waals surface area contributed by atoms with E-state index in [1.54, 1.807) is 24.3 Å². The first-order valence-electron chi connectivity index (χ1n) is 10.7. The zero-order valence-corrected chi connectivity index (χ0v) is 18.5. The van der Waals surface area contributed by atoms with Crippen LogP contribution in [-0.4, -0.2) is 37.3 Å². The van der Waals surface area contributed by atoms with Crippen molar-refractivity contribution in [3.8, 4) is 5.69 Å². The largest absolute Gasteiger partial charge is 0.395 e. The highest BCUT2D eigenvalue weighted by atomic mass is 16.6. The SMILES string of the molecule is Cc1cccc(-n2c(CNC(CO)C(O)c3ccc([N+](=O)[O-])cc3)nc3ccccc3c2=O)c1. The van der Waals surface area contributed by atoms with E-state index in [0.29, 0.717) is 28.0 Å². The molecule has 0 aliphatic heterocycles. The Morgan fingerprint density at radius 2 is 1.82 bits per heavy atom. The number of para-hydroxylation sites is 1. The zero-order chi connectivity index (χ0) is 24.2. The molecule has 4 aromatic rings. The standard InChI is InChI=1S/C25H24N4O5/c1-16-5-4-6-19(13-16)28-23(27-21-8-3-2-7-20(21)25(28)32)14-26-22(15-30)24(31)17-9-11-18(12-10-17)29(33)34/h2-13,22,24,26,30-31H,14-15H2,1H3. The number of hydrogen-bond donors (Lipinski definition) is 3. The van der Waals surface area contributed by atoms with Gasteiger partial charge in [0.15, 0.2) is 0 Å². The number of non-ortho nitro benzene ring substituents is 1. The molecule has 1 aromatic heterocycles. The number of nitrogens with zero attached hydrogens (tertiary/aromatic N) is 3. The van der Waals surface area contributed by atoms with Crippen molar-refractivity contribution in [2.45, 2.75) is 25.6 Å². The third-order valence-corrected chi connectivity index (χ3v) is 5.65. The number of rotatable bonds is 8. The van der Waals surface area contributed by atoms with Crippen LogP contribution < -0.4 is 10.9 Å². The molecule has 0 spiro atoms. The van der Waals surface area contributed by atoms with Crippen LogP contribution in [0.1, 0.15) is 23.1 Å². The summed E-state index contributed by atoms with van der Waals surface area (Å²) in [6, 6.07) is 19.3. The number of aromatic nitrogens is 2. The molecule has 0 saturated carbocycles. The van der Waals surface area contributed by atoms with Crippen LogP contribution in [0.25, 0.3) is 16.6 Å². The second-order valence-electron chi connectivity index (χ2n) is 7.99. The van der Waals surface area contributed by atoms with Gasteiger partial charge in [-0.25, -0.2) is 4.98 Å². The Morgan fingerprint density at radius 3 is 2.50 bits per heavy atom. The molecule has 174 valence electrons. The first-order valence-corrected chi connectivity index (χ1v) is 10.7. The Hall–Kier alpha value is -3.92. The molecule has 9 nitrogen and oxygen atoms in total. The van der Waals surface area contributed by atoms with Gasteiger partial charge in [-0.3, -0.25) is 19.5 Å². The third kappa shape index (κ3) is 4.72. The average Bonchev–Trinajstić information content (AvgIpc) is 2.84. The lowest BCUT2D eigenvalue weighted by atomic mass is 10.0. The minimum absolute atomic E-state index is 0.0866. The molecule has 0 aliphatic carbocycles. The van der Waals surface area contributed by atoms with Gasteiger partial charge in [0.05, 0.1) is 46.8 Å². The molecule has 34 heavy (non-hydrogen) atoms. The molecule has 0 radical (unpaired) electrons. The van der Waals surface area contributed by atoms with Crippen molar-refractivity contribution in [2.24, 2.45) is 0 Å². The molecule has 0 amide bonds. The number of aliphatic hydroxyl groups is 2. The Labute approximate surface area is 195 Å². The number of aliphatic hydroxyl groups excluding tert-OH is 2. The summed E-state index contributed by atoms with van der Waals surface area (Å²) in [7, 11) is 0. The van der Waals surface area contributed by atoms with Gasteiger partial charge in [0.2, 0.25) is 0 Å². The number of nitro groups is 1. The molecule has 1 heterocycles. The summed E-state index contributed by atoms with van der Waals surface area (Å²) < 4.78 is 1.52. The molecule has 0 saturated heterocycles. The first kappa shape index (κ1) is 23.2. The van der Waals surface area contributed by atoms with Gasteiger partial charge in [-0.2, -0.15) is 0 Å². The molecule has 0 aliphatic rings. The number of aryl methyl sites for hydroxylation is 1. The predicted molar refractivity (Wildman–Crippen MR) is 128 cm³/mol. The molecule has 0 bridgehead atoms. The first-order chi connectivity index (χ1) is 16.4. The van der Waals surface area contributed by atoms with Crippen LogP contribution >= 0.6 is 0 Å². The van der Waals surface area contributed by atoms with Crippen molar-refractivity contribution in [3.63, 3.8) is 0 Å². The van der Waals surface area contributed by atoms with Gasteiger partial charge < -0.3 is 15.5 Å². The smallest absolute Gasteiger partial charge is 0.269 e. The van der Waals surface area contributed by atoms with Crippen LogP contribution in [0.3, 0.4) is 0 Å². The lowest BCUT2D eigenvalue weighted by Crippen LogP contribution is -2.39. The molecule has 9 heteroatoms. The van der Waals surface area contributed by atoms with E-state index in [4.69, 9.17) is 0 Å². The fraction of sp³-hybridized carbons (Fsp3) is 0.200. The molecule has 3 aromatic carbocycles. The summed E-state index contributed by atoms with van der Waals surface area (Å²) in [4.78, 5) is 28.4. The maximum atomic E-state index is 13.4. The molecule has 2 atom stereocenters. The predicted octanol–water partition coefficient (Wildman–Crippen LogP) is 2.79. The summed E-state index contributed by atoms with van der Waals surface area (Å²) in [5, 5.41) is 35.1. The minimum atomic E-state index is -1.13. The Balaban J connectivity index is 1.67. The van der Waals surface area contributed by atoms with E-state index in [0.717, 1.165) is 5.56 Å². The van der Waals surface area contributed by atoms with E-state index < -0.39 is 23.7 Å². The highest BCUT2D eigenvalue weighted by Crippen LogP contribution is 2.21. The Kier molecular flexibility index (Phi) is 6.78. The van der Waals surface area contributed by atoms with E-state index in [2.05, 4.69) is 10.3 Å². The molecule has 0 fully saturated rings. The average molecular weight is 460 g/mol. The maximum absolute atomic E-state index is 13.4. The summed E-state index contributed by atoms with van der Waals surface area (Å²) in [5.74, 6) is 0.420. The van der Waals surface area contributed by atoms with E-state index in [-0.39, 0.29) is 17.8 Å². The maximum Gasteiger partial charge on any atom is 0.269 e. The van der Waals surface area contributed by atoms with Gasteiger partial charge in [-0.1, -0.05) is 24.3 Å². The van der Waals surface area contributed by atoms with Crippen molar-refractivity contribution >= 4 is 16.6 Å². The van der Waals surface area contributed by atoms with E-state index in [1.807, 2.05) is 31.2 Å². The normalized spacial score (nSPS) is 13.0. The number of fused-ring (bicyclic) bond motifs is 1. The van der Waals surface area contributed by atoms with Crippen molar-refractivity contribution in [3.05, 3.63) is 110 Å². The van der Waals surface area contributed by atoms with Crippen molar-refractivity contribution < 1.29 is 15.1 Å². The summed E-state index contributed by atoms with van der Waals surface area (Å²) >= 11 is 0. The number of nitrogens with one attached hydrogen (secondary N) is 1. The van der Waals surface area contributed by atoms with Crippen LogP contribution in [0.5, 0.6) is 0 Å². The van der Waals surface area contributed by atoms with Crippen LogP contribution in [0.15, 0.2) is 77.6 Å². The number of nitro benzene ring substituents is 1. The van der Waals surface area contributed by atoms with E-state index in [1.165, 1.54) is 28.8 Å². The lowest BCUT2D eigenvalue weighted by molar-refractivity contribution is -0.384. The zero-order valence-electron chi connectivity index (χ0n) is 18.5. The van der Waals surface area contributed by atoms with Gasteiger partial charge in [0.25, 0.3) is 11.2 Å². The molecule has 2 unspecified atom stereocenters. The summed E-state index contributed by atoms with van der Waals surface area (Å²) in [6.07, 6.45) is -1.13. The third-order valence-electron chi connectivity index (χ3n) is 5.65. The van der Waals surface area contributed by atoms with Crippen LogP contribution in [0.4, 0.5) is 5.69 Å². The fourth-order valence-electron chi connectivity index (χ4n) is 3.85. The highest BCUT2D eigenvalue weighted by Gasteiger charge is 2.22. The lowest BCUT2D eigenvalue weighted by Gasteiger charge is -2.23. The van der Waals surface area contributed by atoms with Crippen molar-refractivity contribution in [1.29, 1.82) is 0 Å². The summed E-state index contributed by atoms with van der Waals surface area (Å²) in [6.45, 7) is 1.62. The number of benzene rings is 3. The van der Waals surface area contributed by atoms with Gasteiger partial charge in [-0.05, 0) is 54.4 Å². The van der Waals surface area contributed by atoms with E-state index in [9.17, 15) is 25.1 Å². The Bertz CT molecular complexity index is 1380.